The fourth-order valence-corrected chi connectivity index (χ4v) is 2.36. The van der Waals surface area contributed by atoms with Crippen molar-refractivity contribution in [2.75, 3.05) is 5.32 Å². The summed E-state index contributed by atoms with van der Waals surface area (Å²) >= 11 is 0. The zero-order chi connectivity index (χ0) is 11.7. The second-order valence-corrected chi connectivity index (χ2v) is 5.14. The Hall–Kier alpha value is -1.57. The van der Waals surface area contributed by atoms with Gasteiger partial charge in [0.05, 0.1) is 5.52 Å². The number of aromatic nitrogens is 1. The molecule has 1 atom stereocenters. The van der Waals surface area contributed by atoms with Crippen molar-refractivity contribution >= 4 is 16.6 Å². The van der Waals surface area contributed by atoms with Crippen LogP contribution < -0.4 is 5.32 Å². The Morgan fingerprint density at radius 1 is 1.35 bits per heavy atom. The second kappa shape index (κ2) is 4.36. The van der Waals surface area contributed by atoms with Crippen molar-refractivity contribution in [2.24, 2.45) is 5.92 Å². The van der Waals surface area contributed by atoms with Crippen LogP contribution in [-0.2, 0) is 0 Å². The largest absolute Gasteiger partial charge is 0.383 e. The van der Waals surface area contributed by atoms with Gasteiger partial charge in [0.2, 0.25) is 0 Å². The van der Waals surface area contributed by atoms with Crippen LogP contribution in [0.15, 0.2) is 36.5 Å². The highest BCUT2D eigenvalue weighted by Gasteiger charge is 2.23. The van der Waals surface area contributed by atoms with E-state index in [9.17, 15) is 0 Å². The van der Waals surface area contributed by atoms with Gasteiger partial charge in [-0.3, -0.25) is 4.98 Å². The molecule has 0 bridgehead atoms. The molecule has 1 saturated carbocycles. The molecule has 2 nitrogen and oxygen atoms in total. The van der Waals surface area contributed by atoms with Crippen LogP contribution in [-0.4, -0.2) is 11.0 Å². The summed E-state index contributed by atoms with van der Waals surface area (Å²) < 4.78 is 0. The summed E-state index contributed by atoms with van der Waals surface area (Å²) in [6, 6.07) is 11.1. The molecule has 1 aliphatic rings. The van der Waals surface area contributed by atoms with Gasteiger partial charge in [0.15, 0.2) is 0 Å². The lowest BCUT2D eigenvalue weighted by Crippen LogP contribution is -2.15. The molecule has 0 amide bonds. The lowest BCUT2D eigenvalue weighted by Gasteiger charge is -2.15. The van der Waals surface area contributed by atoms with Crippen molar-refractivity contribution in [2.45, 2.75) is 32.2 Å². The third-order valence-corrected chi connectivity index (χ3v) is 3.40. The van der Waals surface area contributed by atoms with Crippen molar-refractivity contribution in [1.29, 1.82) is 0 Å². The van der Waals surface area contributed by atoms with Gasteiger partial charge in [0.1, 0.15) is 0 Å². The number of nitrogens with zero attached hydrogens (tertiary/aromatic N) is 1. The van der Waals surface area contributed by atoms with Crippen molar-refractivity contribution in [3.05, 3.63) is 36.5 Å². The average Bonchev–Trinajstić information content (AvgIpc) is 3.12. The van der Waals surface area contributed by atoms with E-state index in [0.29, 0.717) is 6.04 Å². The number of anilines is 1. The Labute approximate surface area is 102 Å². The van der Waals surface area contributed by atoms with Crippen molar-refractivity contribution in [1.82, 2.24) is 4.98 Å². The van der Waals surface area contributed by atoms with Crippen LogP contribution in [0, 0.1) is 5.92 Å². The maximum Gasteiger partial charge on any atom is 0.0703 e. The number of nitrogens with one attached hydrogen (secondary N) is 1. The maximum atomic E-state index is 4.33. The number of benzene rings is 1. The van der Waals surface area contributed by atoms with Crippen molar-refractivity contribution in [3.8, 4) is 0 Å². The summed E-state index contributed by atoms with van der Waals surface area (Å²) in [6.07, 6.45) is 5.98. The van der Waals surface area contributed by atoms with Gasteiger partial charge < -0.3 is 5.32 Å². The Morgan fingerprint density at radius 3 is 3.06 bits per heavy atom. The minimum absolute atomic E-state index is 0.566. The van der Waals surface area contributed by atoms with Crippen LogP contribution in [0.1, 0.15) is 26.2 Å². The zero-order valence-electron chi connectivity index (χ0n) is 10.2. The second-order valence-electron chi connectivity index (χ2n) is 5.14. The van der Waals surface area contributed by atoms with E-state index in [1.165, 1.54) is 30.3 Å². The van der Waals surface area contributed by atoms with Gasteiger partial charge in [0, 0.05) is 23.3 Å². The summed E-state index contributed by atoms with van der Waals surface area (Å²) in [4.78, 5) is 4.33. The van der Waals surface area contributed by atoms with E-state index in [1.54, 1.807) is 0 Å². The first-order valence-electron chi connectivity index (χ1n) is 6.42. The third-order valence-electron chi connectivity index (χ3n) is 3.40. The molecule has 0 radical (unpaired) electrons. The van der Waals surface area contributed by atoms with Crippen LogP contribution in [0.5, 0.6) is 0 Å². The quantitative estimate of drug-likeness (QED) is 0.856. The molecule has 1 fully saturated rings. The number of fused-ring (bicyclic) bond motifs is 1. The minimum atomic E-state index is 0.566. The maximum absolute atomic E-state index is 4.33. The Morgan fingerprint density at radius 2 is 2.24 bits per heavy atom. The monoisotopic (exact) mass is 226 g/mol. The molecular weight excluding hydrogens is 208 g/mol. The highest BCUT2D eigenvalue weighted by molar-refractivity contribution is 5.82. The molecular formula is C15H18N2. The topological polar surface area (TPSA) is 24.9 Å². The van der Waals surface area contributed by atoms with Crippen LogP contribution in [0.2, 0.25) is 0 Å². The summed E-state index contributed by atoms with van der Waals surface area (Å²) in [7, 11) is 0. The fourth-order valence-electron chi connectivity index (χ4n) is 2.36. The summed E-state index contributed by atoms with van der Waals surface area (Å²) in [5, 5.41) is 4.78. The predicted molar refractivity (Wildman–Crippen MR) is 72.2 cm³/mol. The Bertz CT molecular complexity index is 517. The van der Waals surface area contributed by atoms with E-state index < -0.39 is 0 Å². The van der Waals surface area contributed by atoms with E-state index in [2.05, 4.69) is 41.5 Å². The first-order valence-corrected chi connectivity index (χ1v) is 6.42. The fraction of sp³-hybridized carbons (Fsp3) is 0.400. The van der Waals surface area contributed by atoms with Crippen LogP contribution in [0.3, 0.4) is 0 Å². The third kappa shape index (κ3) is 2.57. The van der Waals surface area contributed by atoms with Gasteiger partial charge in [-0.05, 0) is 43.5 Å². The predicted octanol–water partition coefficient (Wildman–Crippen LogP) is 3.84. The lowest BCUT2D eigenvalue weighted by molar-refractivity contribution is 0.642. The Kier molecular flexibility index (Phi) is 2.71. The number of hydrogen-bond donors (Lipinski definition) is 1. The highest BCUT2D eigenvalue weighted by Crippen LogP contribution is 2.34. The van der Waals surface area contributed by atoms with Crippen LogP contribution in [0.25, 0.3) is 10.9 Å². The first-order chi connectivity index (χ1) is 8.31. The highest BCUT2D eigenvalue weighted by atomic mass is 14.9. The van der Waals surface area contributed by atoms with Gasteiger partial charge in [-0.2, -0.15) is 0 Å². The van der Waals surface area contributed by atoms with E-state index in [1.807, 2.05) is 12.3 Å². The van der Waals surface area contributed by atoms with Crippen LogP contribution in [0.4, 0.5) is 5.69 Å². The van der Waals surface area contributed by atoms with E-state index >= 15 is 0 Å². The molecule has 3 rings (SSSR count). The summed E-state index contributed by atoms with van der Waals surface area (Å²) in [5.41, 5.74) is 2.27. The molecule has 1 unspecified atom stereocenters. The van der Waals surface area contributed by atoms with Crippen LogP contribution >= 0.6 is 0 Å². The molecule has 1 aromatic heterocycles. The molecule has 2 heteroatoms. The number of hydrogen-bond acceptors (Lipinski definition) is 2. The zero-order valence-corrected chi connectivity index (χ0v) is 10.2. The molecule has 0 spiro atoms. The van der Waals surface area contributed by atoms with E-state index in [4.69, 9.17) is 0 Å². The minimum Gasteiger partial charge on any atom is -0.383 e. The lowest BCUT2D eigenvalue weighted by atomic mass is 10.1. The molecule has 88 valence electrons. The van der Waals surface area contributed by atoms with Gasteiger partial charge in [-0.1, -0.05) is 18.9 Å². The number of pyridine rings is 1. The Balaban J connectivity index is 1.75. The summed E-state index contributed by atoms with van der Waals surface area (Å²) in [6.45, 7) is 2.27. The van der Waals surface area contributed by atoms with Gasteiger partial charge in [0.25, 0.3) is 0 Å². The molecule has 0 aliphatic heterocycles. The van der Waals surface area contributed by atoms with E-state index in [0.717, 1.165) is 11.4 Å². The van der Waals surface area contributed by atoms with E-state index in [-0.39, 0.29) is 0 Å². The standard InChI is InChI=1S/C15H18N2/c1-11(9-12-4-5-12)17-14-6-7-15-13(10-14)3-2-8-16-15/h2-3,6-8,10-12,17H,4-5,9H2,1H3. The molecule has 1 aromatic carbocycles. The van der Waals surface area contributed by atoms with Gasteiger partial charge in [-0.15, -0.1) is 0 Å². The average molecular weight is 226 g/mol. The van der Waals surface area contributed by atoms with Crippen molar-refractivity contribution < 1.29 is 0 Å². The van der Waals surface area contributed by atoms with Gasteiger partial charge >= 0.3 is 0 Å². The van der Waals surface area contributed by atoms with Gasteiger partial charge in [-0.25, -0.2) is 0 Å². The first kappa shape index (κ1) is 10.6. The molecule has 2 aromatic rings. The molecule has 1 N–H and O–H groups in total. The summed E-state index contributed by atoms with van der Waals surface area (Å²) in [5.74, 6) is 0.972. The molecule has 1 heterocycles. The number of rotatable bonds is 4. The normalized spacial score (nSPS) is 17.0. The van der Waals surface area contributed by atoms with Crippen molar-refractivity contribution in [3.63, 3.8) is 0 Å². The molecule has 1 aliphatic carbocycles. The smallest absolute Gasteiger partial charge is 0.0703 e. The molecule has 17 heavy (non-hydrogen) atoms. The SMILES string of the molecule is CC(CC1CC1)Nc1ccc2ncccc2c1. The molecule has 0 saturated heterocycles.